The molecule has 0 amide bonds. The van der Waals surface area contributed by atoms with E-state index in [0.717, 1.165) is 23.7 Å². The van der Waals surface area contributed by atoms with E-state index < -0.39 is 24.0 Å². The third kappa shape index (κ3) is 3.22. The van der Waals surface area contributed by atoms with Crippen LogP contribution in [0.15, 0.2) is 30.3 Å². The number of nitrogens with zero attached hydrogens (tertiary/aromatic N) is 1. The van der Waals surface area contributed by atoms with Gasteiger partial charge in [-0.05, 0) is 54.2 Å². The predicted molar refractivity (Wildman–Crippen MR) is 101 cm³/mol. The summed E-state index contributed by atoms with van der Waals surface area (Å²) in [6.07, 6.45) is 2.01. The molecule has 0 radical (unpaired) electrons. The maximum absolute atomic E-state index is 14.7. The summed E-state index contributed by atoms with van der Waals surface area (Å²) < 4.78 is 34.3. The van der Waals surface area contributed by atoms with Gasteiger partial charge < -0.3 is 9.84 Å². The predicted octanol–water partition coefficient (Wildman–Crippen LogP) is 4.88. The Morgan fingerprint density at radius 3 is 2.63 bits per heavy atom. The molecule has 2 aromatic rings. The molecule has 1 aliphatic heterocycles. The number of alkyl halides is 1. The van der Waals surface area contributed by atoms with Crippen molar-refractivity contribution in [2.75, 3.05) is 12.3 Å². The zero-order chi connectivity index (χ0) is 19.1. The van der Waals surface area contributed by atoms with E-state index >= 15 is 0 Å². The van der Waals surface area contributed by atoms with Gasteiger partial charge in [-0.3, -0.25) is 0 Å². The number of fused-ring (bicyclic) bond motifs is 1. The minimum atomic E-state index is -1.39. The Morgan fingerprint density at radius 1 is 1.19 bits per heavy atom. The molecule has 0 saturated carbocycles. The fourth-order valence-corrected chi connectivity index (χ4v) is 6.91. The highest BCUT2D eigenvalue weighted by atomic mass is 31.1. The SMILES string of the molecule is CC1c2c(Oc3cc(F)cc(C#N)c3)ccc(P3CCCC3)c2C(O)C1F. The number of aliphatic hydroxyl groups excluding tert-OH is 1. The highest BCUT2D eigenvalue weighted by molar-refractivity contribution is 7.66. The number of rotatable bonds is 3. The van der Waals surface area contributed by atoms with Crippen molar-refractivity contribution in [1.29, 1.82) is 5.26 Å². The smallest absolute Gasteiger partial charge is 0.137 e. The first kappa shape index (κ1) is 18.3. The van der Waals surface area contributed by atoms with Gasteiger partial charge in [0.05, 0.1) is 11.6 Å². The second-order valence-electron chi connectivity index (χ2n) is 7.17. The standard InChI is InChI=1S/C21H20F2NO2P/c1-12-18-16(26-15-9-13(11-24)8-14(22)10-15)4-5-17(27-6-2-3-7-27)19(18)21(25)20(12)23/h4-5,8-10,12,20-21,25H,2-3,6-7H2,1H3. The van der Waals surface area contributed by atoms with Crippen LogP contribution in [0.2, 0.25) is 0 Å². The molecule has 0 bridgehead atoms. The number of nitriles is 1. The molecule has 3 atom stereocenters. The minimum Gasteiger partial charge on any atom is -0.457 e. The number of hydrogen-bond acceptors (Lipinski definition) is 3. The molecule has 1 N–H and O–H groups in total. The van der Waals surface area contributed by atoms with Gasteiger partial charge in [0.25, 0.3) is 0 Å². The normalized spacial score (nSPS) is 24.6. The Balaban J connectivity index is 1.79. The van der Waals surface area contributed by atoms with E-state index in [4.69, 9.17) is 10.00 Å². The third-order valence-electron chi connectivity index (χ3n) is 5.43. The summed E-state index contributed by atoms with van der Waals surface area (Å²) in [4.78, 5) is 0. The zero-order valence-electron chi connectivity index (χ0n) is 15.0. The lowest BCUT2D eigenvalue weighted by atomic mass is 10.0. The summed E-state index contributed by atoms with van der Waals surface area (Å²) in [5.41, 5.74) is 1.49. The summed E-state index contributed by atoms with van der Waals surface area (Å²) in [6.45, 7) is 1.74. The topological polar surface area (TPSA) is 53.2 Å². The highest BCUT2D eigenvalue weighted by Crippen LogP contribution is 2.52. The maximum Gasteiger partial charge on any atom is 0.137 e. The van der Waals surface area contributed by atoms with Crippen LogP contribution in [-0.4, -0.2) is 23.6 Å². The van der Waals surface area contributed by atoms with Crippen LogP contribution in [0.4, 0.5) is 8.78 Å². The molecule has 4 rings (SSSR count). The highest BCUT2D eigenvalue weighted by Gasteiger charge is 2.42. The Hall–Kier alpha value is -2.02. The Bertz CT molecular complexity index is 921. The van der Waals surface area contributed by atoms with Crippen molar-refractivity contribution in [2.24, 2.45) is 0 Å². The molecule has 1 heterocycles. The lowest BCUT2D eigenvalue weighted by molar-refractivity contribution is 0.0820. The zero-order valence-corrected chi connectivity index (χ0v) is 15.8. The number of benzene rings is 2. The lowest BCUT2D eigenvalue weighted by Gasteiger charge is -2.20. The molecule has 2 aliphatic rings. The molecule has 140 valence electrons. The van der Waals surface area contributed by atoms with Crippen LogP contribution in [-0.2, 0) is 0 Å². The summed E-state index contributed by atoms with van der Waals surface area (Å²) in [7, 11) is -0.378. The van der Waals surface area contributed by atoms with Gasteiger partial charge >= 0.3 is 0 Å². The monoisotopic (exact) mass is 387 g/mol. The molecule has 1 saturated heterocycles. The molecule has 1 aliphatic carbocycles. The minimum absolute atomic E-state index is 0.157. The van der Waals surface area contributed by atoms with Crippen molar-refractivity contribution in [3.63, 3.8) is 0 Å². The van der Waals surface area contributed by atoms with Crippen LogP contribution in [0.25, 0.3) is 0 Å². The van der Waals surface area contributed by atoms with E-state index in [-0.39, 0.29) is 19.2 Å². The molecule has 3 nitrogen and oxygen atoms in total. The fourth-order valence-electron chi connectivity index (χ4n) is 4.11. The van der Waals surface area contributed by atoms with Crippen LogP contribution < -0.4 is 10.0 Å². The van der Waals surface area contributed by atoms with Crippen LogP contribution in [0.3, 0.4) is 0 Å². The van der Waals surface area contributed by atoms with Crippen molar-refractivity contribution in [2.45, 2.75) is 38.0 Å². The molecule has 1 fully saturated rings. The number of halogens is 2. The summed E-state index contributed by atoms with van der Waals surface area (Å²) in [5, 5.41) is 20.6. The number of hydrogen-bond donors (Lipinski definition) is 1. The Labute approximate surface area is 158 Å². The van der Waals surface area contributed by atoms with Crippen molar-refractivity contribution in [3.05, 3.63) is 52.8 Å². The van der Waals surface area contributed by atoms with Crippen LogP contribution in [0.1, 0.15) is 48.5 Å². The first-order valence-corrected chi connectivity index (χ1v) is 10.8. The van der Waals surface area contributed by atoms with Gasteiger partial charge in [0, 0.05) is 17.5 Å². The van der Waals surface area contributed by atoms with Crippen LogP contribution >= 0.6 is 7.92 Å². The van der Waals surface area contributed by atoms with Gasteiger partial charge in [0.2, 0.25) is 0 Å². The number of ether oxygens (including phenoxy) is 1. The molecule has 2 aromatic carbocycles. The Kier molecular flexibility index (Phi) is 4.88. The van der Waals surface area contributed by atoms with Crippen molar-refractivity contribution < 1.29 is 18.6 Å². The second-order valence-corrected chi connectivity index (χ2v) is 9.63. The first-order chi connectivity index (χ1) is 13.0. The maximum atomic E-state index is 14.7. The van der Waals surface area contributed by atoms with E-state index in [1.807, 2.05) is 12.1 Å². The first-order valence-electron chi connectivity index (χ1n) is 9.12. The Morgan fingerprint density at radius 2 is 1.93 bits per heavy atom. The van der Waals surface area contributed by atoms with Crippen molar-refractivity contribution in [1.82, 2.24) is 0 Å². The van der Waals surface area contributed by atoms with E-state index in [1.165, 1.54) is 25.0 Å². The summed E-state index contributed by atoms with van der Waals surface area (Å²) >= 11 is 0. The number of aliphatic hydroxyl groups is 1. The molecular formula is C21H20F2NO2P. The van der Waals surface area contributed by atoms with E-state index in [9.17, 15) is 13.9 Å². The van der Waals surface area contributed by atoms with Gasteiger partial charge in [0.1, 0.15) is 29.6 Å². The summed E-state index contributed by atoms with van der Waals surface area (Å²) in [6, 6.07) is 9.41. The quantitative estimate of drug-likeness (QED) is 0.764. The largest absolute Gasteiger partial charge is 0.457 e. The van der Waals surface area contributed by atoms with Gasteiger partial charge in [-0.15, -0.1) is 0 Å². The van der Waals surface area contributed by atoms with Crippen LogP contribution in [0.5, 0.6) is 11.5 Å². The van der Waals surface area contributed by atoms with Gasteiger partial charge in [0.15, 0.2) is 0 Å². The molecular weight excluding hydrogens is 367 g/mol. The summed E-state index contributed by atoms with van der Waals surface area (Å²) in [5.74, 6) is -0.462. The van der Waals surface area contributed by atoms with E-state index in [2.05, 4.69) is 0 Å². The van der Waals surface area contributed by atoms with Crippen molar-refractivity contribution >= 4 is 13.2 Å². The average Bonchev–Trinajstić information content (AvgIpc) is 3.26. The second kappa shape index (κ2) is 7.19. The van der Waals surface area contributed by atoms with Gasteiger partial charge in [-0.25, -0.2) is 8.78 Å². The molecule has 6 heteroatoms. The average molecular weight is 387 g/mol. The third-order valence-corrected chi connectivity index (χ3v) is 8.21. The van der Waals surface area contributed by atoms with E-state index in [0.29, 0.717) is 16.9 Å². The van der Waals surface area contributed by atoms with E-state index in [1.54, 1.807) is 13.0 Å². The van der Waals surface area contributed by atoms with Gasteiger partial charge in [-0.2, -0.15) is 5.26 Å². The molecule has 0 aromatic heterocycles. The van der Waals surface area contributed by atoms with Gasteiger partial charge in [-0.1, -0.05) is 20.9 Å². The van der Waals surface area contributed by atoms with Crippen LogP contribution in [0, 0.1) is 17.1 Å². The van der Waals surface area contributed by atoms with Crippen molar-refractivity contribution in [3.8, 4) is 17.6 Å². The molecule has 0 spiro atoms. The molecule has 27 heavy (non-hydrogen) atoms. The molecule has 3 unspecified atom stereocenters. The fraction of sp³-hybridized carbons (Fsp3) is 0.381. The lowest BCUT2D eigenvalue weighted by Crippen LogP contribution is -2.16.